The Hall–Kier alpha value is -0.970. The molecular formula is C10H18N4S. The van der Waals surface area contributed by atoms with E-state index >= 15 is 0 Å². The molecule has 0 aromatic carbocycles. The van der Waals surface area contributed by atoms with Crippen molar-refractivity contribution in [1.29, 1.82) is 0 Å². The molecule has 0 bridgehead atoms. The number of nitrogens with two attached hydrogens (primary N) is 1. The van der Waals surface area contributed by atoms with Crippen molar-refractivity contribution in [3.8, 4) is 0 Å². The van der Waals surface area contributed by atoms with Gasteiger partial charge in [-0.15, -0.1) is 0 Å². The second-order valence-electron chi connectivity index (χ2n) is 3.54. The number of hydrogen-bond donors (Lipinski definition) is 1. The first kappa shape index (κ1) is 12.1. The lowest BCUT2D eigenvalue weighted by molar-refractivity contribution is 0.661. The second kappa shape index (κ2) is 5.80. The smallest absolute Gasteiger partial charge is 0.147 e. The van der Waals surface area contributed by atoms with Crippen LogP contribution in [0.25, 0.3) is 0 Å². The van der Waals surface area contributed by atoms with Crippen molar-refractivity contribution in [1.82, 2.24) is 9.97 Å². The normalized spacial score (nSPS) is 12.5. The first-order chi connectivity index (χ1) is 7.15. The Morgan fingerprint density at radius 1 is 1.47 bits per heavy atom. The maximum absolute atomic E-state index is 5.49. The highest BCUT2D eigenvalue weighted by atomic mass is 32.2. The summed E-state index contributed by atoms with van der Waals surface area (Å²) < 4.78 is 0. The lowest BCUT2D eigenvalue weighted by Gasteiger charge is -2.25. The van der Waals surface area contributed by atoms with Crippen LogP contribution in [0.3, 0.4) is 0 Å². The molecule has 0 aliphatic rings. The van der Waals surface area contributed by atoms with Gasteiger partial charge in [0, 0.05) is 13.1 Å². The highest BCUT2D eigenvalue weighted by Gasteiger charge is 2.10. The van der Waals surface area contributed by atoms with Crippen LogP contribution in [0.5, 0.6) is 0 Å². The molecule has 1 rings (SSSR count). The fraction of sp³-hybridized carbons (Fsp3) is 0.600. The van der Waals surface area contributed by atoms with Crippen LogP contribution in [0, 0.1) is 0 Å². The Labute approximate surface area is 95.3 Å². The third-order valence-corrected chi connectivity index (χ3v) is 3.06. The Morgan fingerprint density at radius 3 is 2.73 bits per heavy atom. The van der Waals surface area contributed by atoms with Gasteiger partial charge in [-0.2, -0.15) is 11.8 Å². The van der Waals surface area contributed by atoms with Gasteiger partial charge in [0.25, 0.3) is 0 Å². The lowest BCUT2D eigenvalue weighted by atomic mass is 10.2. The third-order valence-electron chi connectivity index (χ3n) is 2.42. The molecule has 0 aliphatic carbocycles. The number of thioether (sulfide) groups is 1. The van der Waals surface area contributed by atoms with Gasteiger partial charge in [0.2, 0.25) is 0 Å². The molecule has 4 nitrogen and oxygen atoms in total. The van der Waals surface area contributed by atoms with Crippen molar-refractivity contribution in [2.45, 2.75) is 19.4 Å². The van der Waals surface area contributed by atoms with Gasteiger partial charge >= 0.3 is 0 Å². The summed E-state index contributed by atoms with van der Waals surface area (Å²) in [6.45, 7) is 2.19. The molecule has 1 aromatic heterocycles. The summed E-state index contributed by atoms with van der Waals surface area (Å²) in [4.78, 5) is 10.4. The number of rotatable bonds is 5. The first-order valence-electron chi connectivity index (χ1n) is 4.94. The molecule has 0 saturated heterocycles. The van der Waals surface area contributed by atoms with Crippen LogP contribution in [0.4, 0.5) is 11.6 Å². The minimum absolute atomic E-state index is 0.462. The van der Waals surface area contributed by atoms with E-state index < -0.39 is 0 Å². The molecule has 84 valence electrons. The number of aromatic nitrogens is 2. The summed E-state index contributed by atoms with van der Waals surface area (Å²) in [7, 11) is 2.03. The van der Waals surface area contributed by atoms with Crippen molar-refractivity contribution >= 4 is 23.4 Å². The van der Waals surface area contributed by atoms with E-state index in [1.54, 1.807) is 12.4 Å². The van der Waals surface area contributed by atoms with E-state index in [9.17, 15) is 0 Å². The first-order valence-corrected chi connectivity index (χ1v) is 6.34. The highest BCUT2D eigenvalue weighted by molar-refractivity contribution is 7.98. The van der Waals surface area contributed by atoms with Gasteiger partial charge < -0.3 is 10.6 Å². The van der Waals surface area contributed by atoms with Crippen molar-refractivity contribution in [3.63, 3.8) is 0 Å². The number of anilines is 2. The molecule has 0 aliphatic heterocycles. The van der Waals surface area contributed by atoms with Gasteiger partial charge in [-0.05, 0) is 25.4 Å². The van der Waals surface area contributed by atoms with Crippen molar-refractivity contribution in [3.05, 3.63) is 12.4 Å². The molecule has 0 spiro atoms. The van der Waals surface area contributed by atoms with E-state index in [2.05, 4.69) is 28.0 Å². The fourth-order valence-electron chi connectivity index (χ4n) is 1.22. The zero-order chi connectivity index (χ0) is 11.3. The third kappa shape index (κ3) is 3.58. The molecule has 1 unspecified atom stereocenters. The largest absolute Gasteiger partial charge is 0.382 e. The molecule has 2 N–H and O–H groups in total. The van der Waals surface area contributed by atoms with Crippen LogP contribution < -0.4 is 10.6 Å². The van der Waals surface area contributed by atoms with E-state index in [0.717, 1.165) is 18.0 Å². The Kier molecular flexibility index (Phi) is 4.68. The number of nitrogen functional groups attached to an aromatic ring is 1. The Balaban J connectivity index is 2.59. The predicted octanol–water partition coefficient (Wildman–Crippen LogP) is 1.64. The minimum atomic E-state index is 0.462. The maximum atomic E-state index is 5.49. The second-order valence-corrected chi connectivity index (χ2v) is 4.53. The molecule has 0 fully saturated rings. The molecule has 0 radical (unpaired) electrons. The van der Waals surface area contributed by atoms with Crippen molar-refractivity contribution in [2.24, 2.45) is 0 Å². The molecule has 15 heavy (non-hydrogen) atoms. The maximum Gasteiger partial charge on any atom is 0.147 e. The van der Waals surface area contributed by atoms with Gasteiger partial charge in [0.1, 0.15) is 11.6 Å². The summed E-state index contributed by atoms with van der Waals surface area (Å²) in [5, 5.41) is 0. The van der Waals surface area contributed by atoms with Crippen molar-refractivity contribution in [2.75, 3.05) is 29.7 Å². The van der Waals surface area contributed by atoms with Crippen LogP contribution in [-0.2, 0) is 0 Å². The van der Waals surface area contributed by atoms with E-state index in [0.29, 0.717) is 11.9 Å². The van der Waals surface area contributed by atoms with E-state index in [1.165, 1.54) is 0 Å². The minimum Gasteiger partial charge on any atom is -0.382 e. The number of nitrogens with zero attached hydrogens (tertiary/aromatic N) is 3. The van der Waals surface area contributed by atoms with Crippen molar-refractivity contribution < 1.29 is 0 Å². The molecule has 0 amide bonds. The Morgan fingerprint density at radius 2 is 2.20 bits per heavy atom. The topological polar surface area (TPSA) is 55.0 Å². The monoisotopic (exact) mass is 226 g/mol. The predicted molar refractivity (Wildman–Crippen MR) is 67.3 cm³/mol. The fourth-order valence-corrected chi connectivity index (χ4v) is 1.80. The molecule has 1 heterocycles. The van der Waals surface area contributed by atoms with Crippen LogP contribution in [-0.4, -0.2) is 35.1 Å². The van der Waals surface area contributed by atoms with E-state index in [4.69, 9.17) is 5.73 Å². The van der Waals surface area contributed by atoms with Crippen LogP contribution in [0.1, 0.15) is 13.3 Å². The van der Waals surface area contributed by atoms with Gasteiger partial charge in [0.05, 0.1) is 12.4 Å². The molecule has 1 atom stereocenters. The average molecular weight is 226 g/mol. The molecule has 1 aromatic rings. The summed E-state index contributed by atoms with van der Waals surface area (Å²) >= 11 is 1.86. The SMILES string of the molecule is CSCCC(C)N(C)c1cnc(N)cn1. The van der Waals surface area contributed by atoms with Crippen LogP contribution in [0.15, 0.2) is 12.4 Å². The standard InChI is InChI=1S/C10H18N4S/c1-8(4-5-15-3)14(2)10-7-12-9(11)6-13-10/h6-8H,4-5H2,1-3H3,(H2,11,12). The molecule has 5 heteroatoms. The highest BCUT2D eigenvalue weighted by Crippen LogP contribution is 2.14. The van der Waals surface area contributed by atoms with Gasteiger partial charge in [0.15, 0.2) is 0 Å². The van der Waals surface area contributed by atoms with Gasteiger partial charge in [-0.1, -0.05) is 0 Å². The molecule has 0 saturated carbocycles. The summed E-state index contributed by atoms with van der Waals surface area (Å²) in [6, 6.07) is 0.468. The summed E-state index contributed by atoms with van der Waals surface area (Å²) in [5.74, 6) is 2.50. The summed E-state index contributed by atoms with van der Waals surface area (Å²) in [6.07, 6.45) is 6.57. The van der Waals surface area contributed by atoms with E-state index in [-0.39, 0.29) is 0 Å². The Bertz CT molecular complexity index is 288. The zero-order valence-corrected chi connectivity index (χ0v) is 10.3. The average Bonchev–Trinajstić information content (AvgIpc) is 2.26. The lowest BCUT2D eigenvalue weighted by Crippen LogP contribution is -2.30. The van der Waals surface area contributed by atoms with E-state index in [1.807, 2.05) is 18.8 Å². The van der Waals surface area contributed by atoms with Gasteiger partial charge in [-0.25, -0.2) is 9.97 Å². The quantitative estimate of drug-likeness (QED) is 0.827. The zero-order valence-electron chi connectivity index (χ0n) is 9.47. The summed E-state index contributed by atoms with van der Waals surface area (Å²) in [5.41, 5.74) is 5.49. The van der Waals surface area contributed by atoms with Gasteiger partial charge in [-0.3, -0.25) is 0 Å². The number of hydrogen-bond acceptors (Lipinski definition) is 5. The van der Waals surface area contributed by atoms with Crippen LogP contribution in [0.2, 0.25) is 0 Å². The molecular weight excluding hydrogens is 208 g/mol. The van der Waals surface area contributed by atoms with Crippen LogP contribution >= 0.6 is 11.8 Å².